The fourth-order valence-electron chi connectivity index (χ4n) is 3.06. The molecule has 0 aliphatic rings. The van der Waals surface area contributed by atoms with Crippen LogP contribution in [-0.2, 0) is 22.7 Å². The fourth-order valence-corrected chi connectivity index (χ4v) is 3.06. The van der Waals surface area contributed by atoms with Gasteiger partial charge in [-0.2, -0.15) is 5.10 Å². The van der Waals surface area contributed by atoms with Gasteiger partial charge in [-0.3, -0.25) is 9.59 Å². The molecule has 0 bridgehead atoms. The number of hydrogen-bond donors (Lipinski definition) is 2. The Balaban J connectivity index is 1.54. The molecule has 2 N–H and O–H groups in total. The number of carbonyl (C=O) groups excluding carboxylic acids is 2. The molecule has 1 heterocycles. The number of aromatic nitrogens is 3. The van der Waals surface area contributed by atoms with E-state index in [9.17, 15) is 9.59 Å². The maximum Gasteiger partial charge on any atom is 0.222 e. The molecule has 3 rings (SSSR count). The number of ether oxygens (including phenoxy) is 1. The first-order valence-corrected chi connectivity index (χ1v) is 9.61. The molecule has 0 radical (unpaired) electrons. The maximum atomic E-state index is 12.5. The van der Waals surface area contributed by atoms with Gasteiger partial charge in [0, 0.05) is 13.5 Å². The lowest BCUT2D eigenvalue weighted by atomic mass is 10.0. The lowest BCUT2D eigenvalue weighted by molar-refractivity contribution is -0.122. The molecule has 2 amide bonds. The van der Waals surface area contributed by atoms with Crippen LogP contribution in [0.5, 0.6) is 5.75 Å². The maximum absolute atomic E-state index is 12.5. The first-order chi connectivity index (χ1) is 14.5. The number of amides is 2. The molecule has 8 heteroatoms. The van der Waals surface area contributed by atoms with Crippen molar-refractivity contribution < 1.29 is 14.3 Å². The summed E-state index contributed by atoms with van der Waals surface area (Å²) in [6.45, 7) is 2.50. The molecular formula is C22H25N5O3. The second-order valence-electron chi connectivity index (χ2n) is 6.92. The Morgan fingerprint density at radius 3 is 2.37 bits per heavy atom. The van der Waals surface area contributed by atoms with Gasteiger partial charge in [0.1, 0.15) is 18.4 Å². The molecule has 156 valence electrons. The van der Waals surface area contributed by atoms with Crippen LogP contribution in [0.15, 0.2) is 61.2 Å². The Labute approximate surface area is 175 Å². The Bertz CT molecular complexity index is 953. The van der Waals surface area contributed by atoms with Crippen molar-refractivity contribution in [2.75, 3.05) is 7.11 Å². The monoisotopic (exact) mass is 407 g/mol. The lowest BCUT2D eigenvalue weighted by Crippen LogP contribution is -2.32. The van der Waals surface area contributed by atoms with Crippen LogP contribution in [0.4, 0.5) is 0 Å². The standard InChI is InChI=1S/C22H25N5O3/c1-16(28)26-21(19-7-9-20(30-2)10-8-19)11-22(29)24-12-17-3-5-18(6-4-17)13-27-15-23-14-25-27/h3-10,14-15,21H,11-13H2,1-2H3,(H,24,29)(H,26,28). The van der Waals surface area contributed by atoms with E-state index in [-0.39, 0.29) is 18.2 Å². The summed E-state index contributed by atoms with van der Waals surface area (Å²) in [5.41, 5.74) is 2.94. The van der Waals surface area contributed by atoms with Gasteiger partial charge < -0.3 is 15.4 Å². The van der Waals surface area contributed by atoms with Crippen LogP contribution in [-0.4, -0.2) is 33.7 Å². The summed E-state index contributed by atoms with van der Waals surface area (Å²) in [6, 6.07) is 14.9. The molecule has 8 nitrogen and oxygen atoms in total. The second-order valence-corrected chi connectivity index (χ2v) is 6.92. The fraction of sp³-hybridized carbons (Fsp3) is 0.273. The zero-order valence-corrected chi connectivity index (χ0v) is 17.0. The van der Waals surface area contributed by atoms with Gasteiger partial charge in [-0.15, -0.1) is 0 Å². The highest BCUT2D eigenvalue weighted by Gasteiger charge is 2.17. The van der Waals surface area contributed by atoms with E-state index in [1.54, 1.807) is 18.1 Å². The minimum absolute atomic E-state index is 0.142. The van der Waals surface area contributed by atoms with E-state index in [0.29, 0.717) is 13.1 Å². The van der Waals surface area contributed by atoms with Crippen molar-refractivity contribution in [1.29, 1.82) is 0 Å². The number of nitrogens with zero attached hydrogens (tertiary/aromatic N) is 3. The molecule has 0 saturated heterocycles. The van der Waals surface area contributed by atoms with Gasteiger partial charge in [-0.1, -0.05) is 36.4 Å². The average molecular weight is 407 g/mol. The van der Waals surface area contributed by atoms with Crippen molar-refractivity contribution >= 4 is 11.8 Å². The van der Waals surface area contributed by atoms with Crippen LogP contribution in [0.25, 0.3) is 0 Å². The first kappa shape index (κ1) is 21.0. The van der Waals surface area contributed by atoms with E-state index in [1.165, 1.54) is 13.3 Å². The van der Waals surface area contributed by atoms with Gasteiger partial charge in [0.05, 0.1) is 26.1 Å². The molecule has 0 fully saturated rings. The van der Waals surface area contributed by atoms with Crippen molar-refractivity contribution in [3.63, 3.8) is 0 Å². The predicted octanol–water partition coefficient (Wildman–Crippen LogP) is 2.22. The summed E-state index contributed by atoms with van der Waals surface area (Å²) < 4.78 is 6.91. The smallest absolute Gasteiger partial charge is 0.222 e. The SMILES string of the molecule is COc1ccc(C(CC(=O)NCc2ccc(Cn3cncn3)cc2)NC(C)=O)cc1. The van der Waals surface area contributed by atoms with Gasteiger partial charge in [-0.05, 0) is 28.8 Å². The quantitative estimate of drug-likeness (QED) is 0.567. The second kappa shape index (κ2) is 10.2. The van der Waals surface area contributed by atoms with E-state index < -0.39 is 6.04 Å². The molecule has 0 saturated carbocycles. The van der Waals surface area contributed by atoms with E-state index in [2.05, 4.69) is 20.7 Å². The number of hydrogen-bond acceptors (Lipinski definition) is 5. The number of methoxy groups -OCH3 is 1. The van der Waals surface area contributed by atoms with Crippen LogP contribution in [0.2, 0.25) is 0 Å². The van der Waals surface area contributed by atoms with Crippen molar-refractivity contribution in [2.24, 2.45) is 0 Å². The Morgan fingerprint density at radius 2 is 1.77 bits per heavy atom. The first-order valence-electron chi connectivity index (χ1n) is 9.61. The molecule has 1 aromatic heterocycles. The van der Waals surface area contributed by atoms with Gasteiger partial charge in [0.15, 0.2) is 0 Å². The third-order valence-corrected chi connectivity index (χ3v) is 4.61. The highest BCUT2D eigenvalue weighted by atomic mass is 16.5. The van der Waals surface area contributed by atoms with Crippen LogP contribution < -0.4 is 15.4 Å². The van der Waals surface area contributed by atoms with E-state index in [0.717, 1.165) is 22.4 Å². The zero-order valence-electron chi connectivity index (χ0n) is 17.0. The predicted molar refractivity (Wildman–Crippen MR) is 112 cm³/mol. The van der Waals surface area contributed by atoms with Crippen LogP contribution in [0.1, 0.15) is 36.1 Å². The number of carbonyl (C=O) groups is 2. The van der Waals surface area contributed by atoms with E-state index in [1.807, 2.05) is 48.5 Å². The minimum Gasteiger partial charge on any atom is -0.497 e. The molecule has 0 aliphatic heterocycles. The van der Waals surface area contributed by atoms with Gasteiger partial charge in [-0.25, -0.2) is 9.67 Å². The van der Waals surface area contributed by atoms with Gasteiger partial charge in [0.2, 0.25) is 11.8 Å². The van der Waals surface area contributed by atoms with Crippen molar-refractivity contribution in [3.8, 4) is 5.75 Å². The molecule has 1 unspecified atom stereocenters. The van der Waals surface area contributed by atoms with Crippen LogP contribution in [0.3, 0.4) is 0 Å². The normalized spacial score (nSPS) is 11.5. The lowest BCUT2D eigenvalue weighted by Gasteiger charge is -2.18. The third kappa shape index (κ3) is 6.16. The highest BCUT2D eigenvalue weighted by Crippen LogP contribution is 2.20. The largest absolute Gasteiger partial charge is 0.497 e. The Morgan fingerprint density at radius 1 is 1.07 bits per heavy atom. The molecular weight excluding hydrogens is 382 g/mol. The number of nitrogens with one attached hydrogen (secondary N) is 2. The van der Waals surface area contributed by atoms with Gasteiger partial charge in [0.25, 0.3) is 0 Å². The Hall–Kier alpha value is -3.68. The molecule has 0 spiro atoms. The minimum atomic E-state index is -0.404. The molecule has 3 aromatic rings. The summed E-state index contributed by atoms with van der Waals surface area (Å²) in [7, 11) is 1.59. The summed E-state index contributed by atoms with van der Waals surface area (Å²) in [6.07, 6.45) is 3.32. The molecule has 0 aliphatic carbocycles. The third-order valence-electron chi connectivity index (χ3n) is 4.61. The van der Waals surface area contributed by atoms with Crippen molar-refractivity contribution in [2.45, 2.75) is 32.5 Å². The highest BCUT2D eigenvalue weighted by molar-refractivity contribution is 5.79. The summed E-state index contributed by atoms with van der Waals surface area (Å²) in [5, 5.41) is 9.84. The average Bonchev–Trinajstić information content (AvgIpc) is 3.25. The van der Waals surface area contributed by atoms with Gasteiger partial charge >= 0.3 is 0 Å². The Kier molecular flexibility index (Phi) is 7.15. The van der Waals surface area contributed by atoms with Crippen LogP contribution in [0, 0.1) is 0 Å². The van der Waals surface area contributed by atoms with Crippen molar-refractivity contribution in [3.05, 3.63) is 77.9 Å². The summed E-state index contributed by atoms with van der Waals surface area (Å²) in [4.78, 5) is 28.0. The molecule has 1 atom stereocenters. The number of rotatable bonds is 9. The van der Waals surface area contributed by atoms with E-state index >= 15 is 0 Å². The molecule has 2 aromatic carbocycles. The van der Waals surface area contributed by atoms with Crippen molar-refractivity contribution in [1.82, 2.24) is 25.4 Å². The topological polar surface area (TPSA) is 98.1 Å². The summed E-state index contributed by atoms with van der Waals surface area (Å²) >= 11 is 0. The summed E-state index contributed by atoms with van der Waals surface area (Å²) in [5.74, 6) is 0.389. The van der Waals surface area contributed by atoms with Crippen LogP contribution >= 0.6 is 0 Å². The molecule has 30 heavy (non-hydrogen) atoms. The number of benzene rings is 2. The van der Waals surface area contributed by atoms with E-state index in [4.69, 9.17) is 4.74 Å². The zero-order chi connectivity index (χ0) is 21.3.